The van der Waals surface area contributed by atoms with Gasteiger partial charge in [-0.25, -0.2) is 4.79 Å². The summed E-state index contributed by atoms with van der Waals surface area (Å²) in [6, 6.07) is -0.526. The lowest BCUT2D eigenvalue weighted by Crippen LogP contribution is -2.44. The fraction of sp³-hybridized carbons (Fsp3) is 0.867. The molecule has 0 spiro atoms. The number of thiol groups is 1. The molecule has 1 unspecified atom stereocenters. The first kappa shape index (κ1) is 21.0. The predicted octanol–water partition coefficient (Wildman–Crippen LogP) is 1.11. The molecule has 7 heteroatoms. The zero-order chi connectivity index (χ0) is 17.6. The molecule has 0 saturated heterocycles. The summed E-state index contributed by atoms with van der Waals surface area (Å²) in [6.07, 6.45) is 4.05. The van der Waals surface area contributed by atoms with Gasteiger partial charge in [0.05, 0.1) is 6.04 Å². The number of carbonyl (C=O) groups excluding carboxylic acids is 2. The fourth-order valence-corrected chi connectivity index (χ4v) is 3.48. The second-order valence-electron chi connectivity index (χ2n) is 7.13. The molecule has 0 bridgehead atoms. The van der Waals surface area contributed by atoms with E-state index in [0.29, 0.717) is 18.6 Å². The van der Waals surface area contributed by atoms with Crippen molar-refractivity contribution in [3.63, 3.8) is 0 Å². The maximum atomic E-state index is 11.9. The van der Waals surface area contributed by atoms with Crippen LogP contribution in [0.2, 0.25) is 0 Å². The summed E-state index contributed by atoms with van der Waals surface area (Å²) in [5, 5.41) is 5.72. The van der Waals surface area contributed by atoms with E-state index < -0.39 is 27.7 Å². The molecule has 2 N–H and O–H groups in total. The number of ether oxygens (including phenoxy) is 1. The second-order valence-corrected chi connectivity index (χ2v) is 10.6. The van der Waals surface area contributed by atoms with Gasteiger partial charge < -0.3 is 15.4 Å². The Labute approximate surface area is 135 Å². The Hall–Kier alpha value is -0.950. The van der Waals surface area contributed by atoms with Crippen LogP contribution in [0, 0.1) is 0 Å². The number of nitrogens with one attached hydrogen (secondary N) is 2. The van der Waals surface area contributed by atoms with Gasteiger partial charge in [0.2, 0.25) is 0 Å². The molecule has 132 valence electrons. The first-order valence-corrected chi connectivity index (χ1v) is 10.3. The Bertz CT molecular complexity index is 426. The predicted molar refractivity (Wildman–Crippen MR) is 92.2 cm³/mol. The van der Waals surface area contributed by atoms with Gasteiger partial charge in [0.25, 0.3) is 0 Å². The number of amides is 1. The first-order chi connectivity index (χ1) is 9.84. The lowest BCUT2D eigenvalue weighted by molar-refractivity contribution is -0.119. The van der Waals surface area contributed by atoms with Gasteiger partial charge in [-0.05, 0) is 60.1 Å². The Morgan fingerprint density at radius 3 is 2.09 bits per heavy atom. The van der Waals surface area contributed by atoms with E-state index in [9.17, 15) is 13.8 Å². The van der Waals surface area contributed by atoms with Crippen LogP contribution in [0.4, 0.5) is 4.79 Å². The van der Waals surface area contributed by atoms with Crippen molar-refractivity contribution in [1.82, 2.24) is 10.6 Å². The minimum absolute atomic E-state index is 0.0584. The Kier molecular flexibility index (Phi) is 8.25. The molecular formula is C15H32N2O4S. The van der Waals surface area contributed by atoms with Crippen LogP contribution in [0.1, 0.15) is 40.5 Å². The van der Waals surface area contributed by atoms with Crippen LogP contribution in [0.3, 0.4) is 0 Å². The average Bonchev–Trinajstić information content (AvgIpc) is 2.28. The first-order valence-electron chi connectivity index (χ1n) is 7.55. The summed E-state index contributed by atoms with van der Waals surface area (Å²) in [7, 11) is -0.327. The van der Waals surface area contributed by atoms with Crippen molar-refractivity contribution in [3.8, 4) is 0 Å². The van der Waals surface area contributed by atoms with Crippen LogP contribution >= 0.6 is 0 Å². The molecule has 0 aliphatic heterocycles. The molecule has 0 fully saturated rings. The minimum Gasteiger partial charge on any atom is -0.444 e. The molecule has 0 aliphatic rings. The Morgan fingerprint density at radius 1 is 1.18 bits per heavy atom. The number of carbonyl (C=O) groups is 2. The quantitative estimate of drug-likeness (QED) is 0.578. The molecule has 0 rings (SSSR count). The van der Waals surface area contributed by atoms with E-state index in [0.717, 1.165) is 0 Å². The van der Waals surface area contributed by atoms with Gasteiger partial charge in [-0.3, -0.25) is 9.00 Å². The molecule has 22 heavy (non-hydrogen) atoms. The molecule has 0 saturated carbocycles. The molecular weight excluding hydrogens is 304 g/mol. The van der Waals surface area contributed by atoms with Crippen molar-refractivity contribution in [2.24, 2.45) is 0 Å². The average molecular weight is 336 g/mol. The number of rotatable bonds is 8. The van der Waals surface area contributed by atoms with Crippen LogP contribution in [0.5, 0.6) is 0 Å². The highest BCUT2D eigenvalue weighted by Crippen LogP contribution is 2.10. The summed E-state index contributed by atoms with van der Waals surface area (Å²) < 4.78 is 17.1. The van der Waals surface area contributed by atoms with Gasteiger partial charge in [0.15, 0.2) is 5.78 Å². The molecule has 2 atom stereocenters. The number of ketones is 1. The van der Waals surface area contributed by atoms with Gasteiger partial charge in [-0.1, -0.05) is 0 Å². The number of hydrogen-bond acceptors (Lipinski definition) is 5. The van der Waals surface area contributed by atoms with Gasteiger partial charge in [-0.2, -0.15) is 0 Å². The molecule has 0 aromatic heterocycles. The Balaban J connectivity index is 4.56. The van der Waals surface area contributed by atoms with Crippen LogP contribution < -0.4 is 10.6 Å². The summed E-state index contributed by atoms with van der Waals surface area (Å²) in [5.74, 6) is 0.456. The largest absolute Gasteiger partial charge is 0.444 e. The lowest BCUT2D eigenvalue weighted by Gasteiger charge is -2.25. The molecule has 0 heterocycles. The molecule has 1 amide bonds. The SMILES string of the molecule is CNC(CC[C@H](NC(=O)OC(C)(C)C)C(C)=O)C[SH](C)(C)=O. The van der Waals surface area contributed by atoms with E-state index in [2.05, 4.69) is 10.6 Å². The van der Waals surface area contributed by atoms with Crippen molar-refractivity contribution >= 4 is 21.8 Å². The van der Waals surface area contributed by atoms with Crippen molar-refractivity contribution in [2.45, 2.75) is 58.2 Å². The third-order valence-electron chi connectivity index (χ3n) is 3.05. The van der Waals surface area contributed by atoms with Gasteiger partial charge in [0, 0.05) is 11.8 Å². The molecule has 0 aromatic rings. The summed E-state index contributed by atoms with van der Waals surface area (Å²) in [4.78, 5) is 23.5. The summed E-state index contributed by atoms with van der Waals surface area (Å²) in [5.41, 5.74) is -0.601. The normalized spacial score (nSPS) is 15.8. The second kappa shape index (κ2) is 8.62. The van der Waals surface area contributed by atoms with Crippen molar-refractivity contribution in [2.75, 3.05) is 25.3 Å². The molecule has 6 nitrogen and oxygen atoms in total. The monoisotopic (exact) mass is 336 g/mol. The summed E-state index contributed by atoms with van der Waals surface area (Å²) in [6.45, 7) is 6.76. The van der Waals surface area contributed by atoms with E-state index in [1.807, 2.05) is 7.05 Å². The Morgan fingerprint density at radius 2 is 1.73 bits per heavy atom. The van der Waals surface area contributed by atoms with Gasteiger partial charge in [-0.15, -0.1) is 9.93 Å². The van der Waals surface area contributed by atoms with E-state index >= 15 is 0 Å². The third kappa shape index (κ3) is 10.7. The lowest BCUT2D eigenvalue weighted by atomic mass is 10.0. The maximum absolute atomic E-state index is 11.9. The van der Waals surface area contributed by atoms with Crippen molar-refractivity contribution < 1.29 is 18.5 Å². The number of alkyl carbamates (subject to hydrolysis) is 1. The van der Waals surface area contributed by atoms with Crippen LogP contribution in [0.15, 0.2) is 0 Å². The van der Waals surface area contributed by atoms with Crippen molar-refractivity contribution in [1.29, 1.82) is 0 Å². The highest BCUT2D eigenvalue weighted by Gasteiger charge is 2.23. The van der Waals surface area contributed by atoms with Crippen molar-refractivity contribution in [3.05, 3.63) is 0 Å². The van der Waals surface area contributed by atoms with E-state index in [1.165, 1.54) is 6.92 Å². The minimum atomic E-state index is -2.14. The van der Waals surface area contributed by atoms with E-state index in [1.54, 1.807) is 33.3 Å². The number of hydrogen-bond donors (Lipinski definition) is 3. The maximum Gasteiger partial charge on any atom is 0.408 e. The molecule has 0 aliphatic carbocycles. The van der Waals surface area contributed by atoms with Crippen LogP contribution in [-0.4, -0.2) is 59.1 Å². The highest BCUT2D eigenvalue weighted by molar-refractivity contribution is 8.01. The fourth-order valence-electron chi connectivity index (χ4n) is 2.05. The standard InChI is InChI=1S/C15H32N2O4S/c1-11(18)13(17-14(19)21-15(2,3)4)9-8-12(16-5)10-22(6,7)20/h12-13,16,22H,8-10H2,1-7H3,(H,17,19)/t12?,13-/m0/s1. The zero-order valence-corrected chi connectivity index (χ0v) is 15.8. The van der Waals surface area contributed by atoms with Gasteiger partial charge >= 0.3 is 6.09 Å². The topological polar surface area (TPSA) is 84.5 Å². The van der Waals surface area contributed by atoms with Crippen LogP contribution in [-0.2, 0) is 19.5 Å². The van der Waals surface area contributed by atoms with Gasteiger partial charge in [0.1, 0.15) is 5.60 Å². The molecule has 0 aromatic carbocycles. The van der Waals surface area contributed by atoms with E-state index in [4.69, 9.17) is 4.74 Å². The smallest absolute Gasteiger partial charge is 0.408 e. The highest BCUT2D eigenvalue weighted by atomic mass is 32.2. The van der Waals surface area contributed by atoms with E-state index in [-0.39, 0.29) is 11.8 Å². The number of Topliss-reactive ketones (excluding diaryl/α,β-unsaturated/α-hetero) is 1. The molecule has 0 radical (unpaired) electrons. The van der Waals surface area contributed by atoms with Crippen LogP contribution in [0.25, 0.3) is 0 Å². The zero-order valence-electron chi connectivity index (χ0n) is 14.9. The summed E-state index contributed by atoms with van der Waals surface area (Å²) >= 11 is 0. The third-order valence-corrected chi connectivity index (χ3v) is 4.37.